The average Bonchev–Trinajstić information content (AvgIpc) is 2.54. The van der Waals surface area contributed by atoms with Gasteiger partial charge in [0.05, 0.1) is 0 Å². The van der Waals surface area contributed by atoms with Crippen LogP contribution in [0.2, 0.25) is 0 Å². The minimum Gasteiger partial charge on any atom is -0.483 e. The Morgan fingerprint density at radius 1 is 1.09 bits per heavy atom. The molecule has 1 N–H and O–H groups in total. The van der Waals surface area contributed by atoms with Gasteiger partial charge >= 0.3 is 0 Å². The summed E-state index contributed by atoms with van der Waals surface area (Å²) < 4.78 is 5.61. The van der Waals surface area contributed by atoms with E-state index in [1.54, 1.807) is 0 Å². The molecule has 0 spiro atoms. The third kappa shape index (κ3) is 4.35. The molecule has 0 saturated heterocycles. The topological polar surface area (TPSA) is 38.3 Å². The van der Waals surface area contributed by atoms with Crippen molar-refractivity contribution in [2.24, 2.45) is 0 Å². The van der Waals surface area contributed by atoms with E-state index in [9.17, 15) is 4.79 Å². The first-order valence-electron chi connectivity index (χ1n) is 7.58. The van der Waals surface area contributed by atoms with Gasteiger partial charge in [-0.05, 0) is 42.5 Å². The van der Waals surface area contributed by atoms with Crippen molar-refractivity contribution in [3.05, 3.63) is 65.2 Å². The van der Waals surface area contributed by atoms with Crippen molar-refractivity contribution in [3.63, 3.8) is 0 Å². The minimum absolute atomic E-state index is 0.0474. The summed E-state index contributed by atoms with van der Waals surface area (Å²) in [6.07, 6.45) is 0. The fourth-order valence-corrected chi connectivity index (χ4v) is 2.24. The van der Waals surface area contributed by atoms with Crippen LogP contribution in [0.5, 0.6) is 5.75 Å². The van der Waals surface area contributed by atoms with Crippen LogP contribution >= 0.6 is 0 Å². The second-order valence-corrected chi connectivity index (χ2v) is 5.60. The predicted octanol–water partition coefficient (Wildman–Crippen LogP) is 3.60. The van der Waals surface area contributed by atoms with Crippen molar-refractivity contribution in [2.45, 2.75) is 26.7 Å². The number of hydrogen-bond acceptors (Lipinski definition) is 2. The van der Waals surface area contributed by atoms with Gasteiger partial charge in [-0.3, -0.25) is 4.79 Å². The van der Waals surface area contributed by atoms with Gasteiger partial charge in [0.1, 0.15) is 5.75 Å². The minimum atomic E-state index is -0.0938. The standard InChI is InChI=1S/C19H23NO2/c1-14-8-7-11-18(16(14)3)22-13-19(21)20-12-15(2)17-9-5-4-6-10-17/h4-11,15H,12-13H2,1-3H3,(H,20,21). The number of ether oxygens (including phenoxy) is 1. The van der Waals surface area contributed by atoms with Gasteiger partial charge in [0.15, 0.2) is 6.61 Å². The molecular weight excluding hydrogens is 274 g/mol. The summed E-state index contributed by atoms with van der Waals surface area (Å²) in [6.45, 7) is 6.79. The van der Waals surface area contributed by atoms with Gasteiger partial charge in [0.25, 0.3) is 5.91 Å². The third-order valence-corrected chi connectivity index (χ3v) is 3.89. The Balaban J connectivity index is 1.80. The maximum atomic E-state index is 11.9. The van der Waals surface area contributed by atoms with Gasteiger partial charge in [0, 0.05) is 6.54 Å². The van der Waals surface area contributed by atoms with Crippen LogP contribution in [-0.4, -0.2) is 19.1 Å². The monoisotopic (exact) mass is 297 g/mol. The smallest absolute Gasteiger partial charge is 0.257 e. The zero-order valence-electron chi connectivity index (χ0n) is 13.4. The highest BCUT2D eigenvalue weighted by Crippen LogP contribution is 2.20. The molecule has 3 nitrogen and oxygen atoms in total. The van der Waals surface area contributed by atoms with Crippen molar-refractivity contribution < 1.29 is 9.53 Å². The molecule has 0 bridgehead atoms. The van der Waals surface area contributed by atoms with E-state index < -0.39 is 0 Å². The molecule has 0 aromatic heterocycles. The lowest BCUT2D eigenvalue weighted by Gasteiger charge is -2.14. The summed E-state index contributed by atoms with van der Waals surface area (Å²) in [5.41, 5.74) is 3.46. The highest BCUT2D eigenvalue weighted by atomic mass is 16.5. The fourth-order valence-electron chi connectivity index (χ4n) is 2.24. The number of rotatable bonds is 6. The number of benzene rings is 2. The van der Waals surface area contributed by atoms with E-state index in [1.165, 1.54) is 5.56 Å². The molecule has 1 atom stereocenters. The normalized spacial score (nSPS) is 11.8. The fraction of sp³-hybridized carbons (Fsp3) is 0.316. The van der Waals surface area contributed by atoms with E-state index in [0.717, 1.165) is 16.9 Å². The van der Waals surface area contributed by atoms with E-state index in [1.807, 2.05) is 50.2 Å². The van der Waals surface area contributed by atoms with Crippen LogP contribution in [-0.2, 0) is 4.79 Å². The number of nitrogens with one attached hydrogen (secondary N) is 1. The lowest BCUT2D eigenvalue weighted by Crippen LogP contribution is -2.31. The first-order valence-corrected chi connectivity index (χ1v) is 7.58. The van der Waals surface area contributed by atoms with E-state index in [-0.39, 0.29) is 18.4 Å². The van der Waals surface area contributed by atoms with Gasteiger partial charge in [-0.1, -0.05) is 49.4 Å². The van der Waals surface area contributed by atoms with Crippen LogP contribution in [0.4, 0.5) is 0 Å². The predicted molar refractivity (Wildman–Crippen MR) is 89.3 cm³/mol. The molecule has 3 heteroatoms. The van der Waals surface area contributed by atoms with Crippen molar-refractivity contribution in [1.29, 1.82) is 0 Å². The molecule has 22 heavy (non-hydrogen) atoms. The zero-order valence-corrected chi connectivity index (χ0v) is 13.4. The van der Waals surface area contributed by atoms with Crippen molar-refractivity contribution in [3.8, 4) is 5.75 Å². The summed E-state index contributed by atoms with van der Waals surface area (Å²) in [5.74, 6) is 0.959. The summed E-state index contributed by atoms with van der Waals surface area (Å²) in [6, 6.07) is 16.0. The molecule has 2 aromatic rings. The van der Waals surface area contributed by atoms with Gasteiger partial charge < -0.3 is 10.1 Å². The molecule has 0 aliphatic heterocycles. The molecule has 2 aromatic carbocycles. The summed E-state index contributed by atoms with van der Waals surface area (Å²) in [4.78, 5) is 11.9. The Morgan fingerprint density at radius 3 is 2.55 bits per heavy atom. The first kappa shape index (κ1) is 16.1. The van der Waals surface area contributed by atoms with Crippen LogP contribution in [0.15, 0.2) is 48.5 Å². The lowest BCUT2D eigenvalue weighted by atomic mass is 10.0. The third-order valence-electron chi connectivity index (χ3n) is 3.89. The largest absolute Gasteiger partial charge is 0.483 e. The average molecular weight is 297 g/mol. The van der Waals surface area contributed by atoms with Crippen LogP contribution < -0.4 is 10.1 Å². The van der Waals surface area contributed by atoms with E-state index in [4.69, 9.17) is 4.74 Å². The van der Waals surface area contributed by atoms with Crippen molar-refractivity contribution >= 4 is 5.91 Å². The molecule has 1 amide bonds. The van der Waals surface area contributed by atoms with Crippen LogP contribution in [0.1, 0.15) is 29.5 Å². The van der Waals surface area contributed by atoms with Crippen LogP contribution in [0, 0.1) is 13.8 Å². The lowest BCUT2D eigenvalue weighted by molar-refractivity contribution is -0.123. The molecule has 0 aliphatic rings. The van der Waals surface area contributed by atoms with E-state index in [0.29, 0.717) is 6.54 Å². The molecule has 1 unspecified atom stereocenters. The Morgan fingerprint density at radius 2 is 1.82 bits per heavy atom. The number of amides is 1. The second-order valence-electron chi connectivity index (χ2n) is 5.60. The Hall–Kier alpha value is -2.29. The Labute approximate surface area is 132 Å². The Kier molecular flexibility index (Phi) is 5.59. The highest BCUT2D eigenvalue weighted by molar-refractivity contribution is 5.77. The van der Waals surface area contributed by atoms with Crippen LogP contribution in [0.25, 0.3) is 0 Å². The summed E-state index contributed by atoms with van der Waals surface area (Å²) >= 11 is 0. The van der Waals surface area contributed by atoms with E-state index in [2.05, 4.69) is 24.4 Å². The highest BCUT2D eigenvalue weighted by Gasteiger charge is 2.09. The molecule has 0 saturated carbocycles. The van der Waals surface area contributed by atoms with E-state index >= 15 is 0 Å². The summed E-state index contributed by atoms with van der Waals surface area (Å²) in [5, 5.41) is 2.92. The van der Waals surface area contributed by atoms with Crippen molar-refractivity contribution in [2.75, 3.05) is 13.2 Å². The van der Waals surface area contributed by atoms with Gasteiger partial charge in [-0.25, -0.2) is 0 Å². The van der Waals surface area contributed by atoms with Gasteiger partial charge in [0.2, 0.25) is 0 Å². The molecule has 116 valence electrons. The van der Waals surface area contributed by atoms with Crippen molar-refractivity contribution in [1.82, 2.24) is 5.32 Å². The zero-order chi connectivity index (χ0) is 15.9. The number of carbonyl (C=O) groups excluding carboxylic acids is 1. The maximum absolute atomic E-state index is 11.9. The molecule has 0 heterocycles. The Bertz CT molecular complexity index is 623. The molecule has 0 fully saturated rings. The SMILES string of the molecule is Cc1cccc(OCC(=O)NCC(C)c2ccccc2)c1C. The number of carbonyl (C=O) groups is 1. The molecule has 2 rings (SSSR count). The maximum Gasteiger partial charge on any atom is 0.257 e. The van der Waals surface area contributed by atoms with Crippen LogP contribution in [0.3, 0.4) is 0 Å². The molecular formula is C19H23NO2. The molecule has 0 aliphatic carbocycles. The van der Waals surface area contributed by atoms with Gasteiger partial charge in [-0.2, -0.15) is 0 Å². The quantitative estimate of drug-likeness (QED) is 0.884. The number of hydrogen-bond donors (Lipinski definition) is 1. The second kappa shape index (κ2) is 7.64. The van der Waals surface area contributed by atoms with Gasteiger partial charge in [-0.15, -0.1) is 0 Å². The summed E-state index contributed by atoms with van der Waals surface area (Å²) in [7, 11) is 0. The first-order chi connectivity index (χ1) is 10.6. The number of aryl methyl sites for hydroxylation is 1. The molecule has 0 radical (unpaired) electrons.